The summed E-state index contributed by atoms with van der Waals surface area (Å²) < 4.78 is 43.5. The second-order valence-corrected chi connectivity index (χ2v) is 5.90. The van der Waals surface area contributed by atoms with Crippen molar-refractivity contribution in [1.29, 1.82) is 5.41 Å². The highest BCUT2D eigenvalue weighted by atomic mass is 19.4. The van der Waals surface area contributed by atoms with Crippen LogP contribution < -0.4 is 11.1 Å². The van der Waals surface area contributed by atoms with Gasteiger partial charge in [0.2, 0.25) is 0 Å². The van der Waals surface area contributed by atoms with E-state index in [1.165, 1.54) is 19.2 Å². The maximum Gasteiger partial charge on any atom is 0.416 e. The third-order valence-electron chi connectivity index (χ3n) is 4.40. The van der Waals surface area contributed by atoms with Gasteiger partial charge in [0.1, 0.15) is 0 Å². The molecular weight excluding hydrogens is 359 g/mol. The Labute approximate surface area is 154 Å². The molecule has 4 N–H and O–H groups in total. The predicted octanol–water partition coefficient (Wildman–Crippen LogP) is 4.18. The minimum absolute atomic E-state index is 0.192. The van der Waals surface area contributed by atoms with Crippen molar-refractivity contribution in [3.63, 3.8) is 0 Å². The van der Waals surface area contributed by atoms with Crippen LogP contribution in [0.3, 0.4) is 0 Å². The summed E-state index contributed by atoms with van der Waals surface area (Å²) in [6.45, 7) is 1.71. The fourth-order valence-corrected chi connectivity index (χ4v) is 2.88. The van der Waals surface area contributed by atoms with Crippen molar-refractivity contribution in [2.24, 2.45) is 0 Å². The van der Waals surface area contributed by atoms with Gasteiger partial charge in [0, 0.05) is 23.2 Å². The van der Waals surface area contributed by atoms with Gasteiger partial charge in [-0.05, 0) is 36.2 Å². The number of benzene rings is 2. The van der Waals surface area contributed by atoms with Gasteiger partial charge in [-0.1, -0.05) is 25.1 Å². The summed E-state index contributed by atoms with van der Waals surface area (Å²) in [6.07, 6.45) is -3.24. The number of carbonyl (C=O) groups excluding carboxylic acids is 1. The van der Waals surface area contributed by atoms with E-state index in [9.17, 15) is 18.0 Å². The first-order valence-electron chi connectivity index (χ1n) is 8.13. The molecule has 2 aromatic rings. The Bertz CT molecular complexity index is 835. The standard InChI is InChI=1S/C19H20F3N3O2/c1-3-18(17(26)27-2,12-7-9-13(10-8-12)19(20,21)22)25-16-6-4-5-15(24)14(16)11-23/h4-11,23,25H,3,24H2,1-2H3. The number of nitrogen functional groups attached to an aromatic ring is 1. The third-order valence-corrected chi connectivity index (χ3v) is 4.40. The van der Waals surface area contributed by atoms with Crippen LogP contribution in [0, 0.1) is 5.41 Å². The van der Waals surface area contributed by atoms with Crippen LogP contribution in [-0.2, 0) is 21.2 Å². The number of nitrogens with two attached hydrogens (primary N) is 1. The van der Waals surface area contributed by atoms with Gasteiger partial charge in [-0.15, -0.1) is 0 Å². The molecule has 8 heteroatoms. The van der Waals surface area contributed by atoms with E-state index in [-0.39, 0.29) is 6.42 Å². The number of hydrogen-bond donors (Lipinski definition) is 3. The van der Waals surface area contributed by atoms with E-state index in [1.807, 2.05) is 0 Å². The van der Waals surface area contributed by atoms with Crippen molar-refractivity contribution in [1.82, 2.24) is 0 Å². The van der Waals surface area contributed by atoms with Crippen molar-refractivity contribution in [3.8, 4) is 0 Å². The maximum absolute atomic E-state index is 12.9. The number of anilines is 2. The lowest BCUT2D eigenvalue weighted by Crippen LogP contribution is -2.44. The van der Waals surface area contributed by atoms with Crippen molar-refractivity contribution < 1.29 is 22.7 Å². The molecule has 2 aromatic carbocycles. The Hall–Kier alpha value is -3.03. The Morgan fingerprint density at radius 3 is 2.26 bits per heavy atom. The quantitative estimate of drug-likeness (QED) is 0.399. The molecule has 0 aliphatic carbocycles. The number of hydrogen-bond acceptors (Lipinski definition) is 5. The fraction of sp³-hybridized carbons (Fsp3) is 0.263. The van der Waals surface area contributed by atoms with Crippen LogP contribution in [0.1, 0.15) is 30.0 Å². The van der Waals surface area contributed by atoms with Gasteiger partial charge in [0.25, 0.3) is 0 Å². The number of ether oxygens (including phenoxy) is 1. The van der Waals surface area contributed by atoms with Gasteiger partial charge < -0.3 is 21.2 Å². The minimum atomic E-state index is -4.48. The topological polar surface area (TPSA) is 88.2 Å². The molecule has 0 aliphatic rings. The van der Waals surface area contributed by atoms with Crippen molar-refractivity contribution >= 4 is 23.6 Å². The maximum atomic E-state index is 12.9. The van der Waals surface area contributed by atoms with E-state index >= 15 is 0 Å². The highest BCUT2D eigenvalue weighted by Gasteiger charge is 2.41. The Morgan fingerprint density at radius 2 is 1.78 bits per heavy atom. The predicted molar refractivity (Wildman–Crippen MR) is 97.8 cm³/mol. The summed E-state index contributed by atoms with van der Waals surface area (Å²) in [5.74, 6) is -0.664. The van der Waals surface area contributed by atoms with E-state index in [1.54, 1.807) is 25.1 Å². The highest BCUT2D eigenvalue weighted by Crippen LogP contribution is 2.36. The molecule has 0 aromatic heterocycles. The smallest absolute Gasteiger partial charge is 0.416 e. The number of methoxy groups -OCH3 is 1. The van der Waals surface area contributed by atoms with Crippen LogP contribution >= 0.6 is 0 Å². The third kappa shape index (κ3) is 3.89. The molecule has 0 saturated heterocycles. The summed E-state index contributed by atoms with van der Waals surface area (Å²) in [5, 5.41) is 10.6. The lowest BCUT2D eigenvalue weighted by molar-refractivity contribution is -0.146. The van der Waals surface area contributed by atoms with Gasteiger partial charge in [-0.3, -0.25) is 0 Å². The molecule has 0 fully saturated rings. The van der Waals surface area contributed by atoms with Crippen LogP contribution in [0.4, 0.5) is 24.5 Å². The first-order valence-corrected chi connectivity index (χ1v) is 8.13. The molecule has 5 nitrogen and oxygen atoms in total. The molecule has 0 bridgehead atoms. The summed E-state index contributed by atoms with van der Waals surface area (Å²) in [4.78, 5) is 12.6. The number of halogens is 3. The monoisotopic (exact) mass is 379 g/mol. The molecule has 0 radical (unpaired) electrons. The second-order valence-electron chi connectivity index (χ2n) is 5.90. The lowest BCUT2D eigenvalue weighted by Gasteiger charge is -2.33. The molecule has 0 amide bonds. The molecule has 2 rings (SSSR count). The van der Waals surface area contributed by atoms with Gasteiger partial charge >= 0.3 is 12.1 Å². The highest BCUT2D eigenvalue weighted by molar-refractivity contribution is 5.95. The first-order chi connectivity index (χ1) is 12.7. The number of nitrogens with one attached hydrogen (secondary N) is 2. The van der Waals surface area contributed by atoms with Crippen LogP contribution in [0.2, 0.25) is 0 Å². The summed E-state index contributed by atoms with van der Waals surface area (Å²) in [6, 6.07) is 9.21. The number of rotatable bonds is 6. The van der Waals surface area contributed by atoms with Crippen LogP contribution in [0.5, 0.6) is 0 Å². The molecule has 1 atom stereocenters. The van der Waals surface area contributed by atoms with Gasteiger partial charge in [-0.2, -0.15) is 13.2 Å². The van der Waals surface area contributed by atoms with E-state index in [0.717, 1.165) is 18.3 Å². The van der Waals surface area contributed by atoms with Crippen molar-refractivity contribution in [3.05, 3.63) is 59.2 Å². The van der Waals surface area contributed by atoms with Crippen LogP contribution in [-0.4, -0.2) is 19.3 Å². The fourth-order valence-electron chi connectivity index (χ4n) is 2.88. The first kappa shape index (κ1) is 20.3. The SMILES string of the molecule is CCC(Nc1cccc(N)c1C=N)(C(=O)OC)c1ccc(C(F)(F)F)cc1. The Morgan fingerprint density at radius 1 is 1.19 bits per heavy atom. The molecule has 1 unspecified atom stereocenters. The van der Waals surface area contributed by atoms with Gasteiger partial charge in [0.15, 0.2) is 5.54 Å². The normalized spacial score (nSPS) is 13.5. The summed E-state index contributed by atoms with van der Waals surface area (Å²) >= 11 is 0. The number of carbonyl (C=O) groups is 1. The number of alkyl halides is 3. The van der Waals surface area contributed by atoms with E-state index < -0.39 is 23.2 Å². The second kappa shape index (κ2) is 7.69. The molecule has 27 heavy (non-hydrogen) atoms. The van der Waals surface area contributed by atoms with Crippen molar-refractivity contribution in [2.45, 2.75) is 25.1 Å². The van der Waals surface area contributed by atoms with E-state index in [0.29, 0.717) is 22.5 Å². The minimum Gasteiger partial charge on any atom is -0.467 e. The Kier molecular flexibility index (Phi) is 5.78. The summed E-state index contributed by atoms with van der Waals surface area (Å²) in [5.41, 5.74) is 5.03. The molecule has 0 aliphatic heterocycles. The molecule has 0 spiro atoms. The average molecular weight is 379 g/mol. The zero-order valence-electron chi connectivity index (χ0n) is 14.9. The van der Waals surface area contributed by atoms with Gasteiger partial charge in [-0.25, -0.2) is 4.79 Å². The van der Waals surface area contributed by atoms with E-state index in [2.05, 4.69) is 5.32 Å². The Balaban J connectivity index is 2.59. The average Bonchev–Trinajstić information content (AvgIpc) is 2.65. The van der Waals surface area contributed by atoms with Crippen molar-refractivity contribution in [2.75, 3.05) is 18.2 Å². The van der Waals surface area contributed by atoms with Gasteiger partial charge in [0.05, 0.1) is 12.7 Å². The molecular formula is C19H20F3N3O2. The lowest BCUT2D eigenvalue weighted by atomic mass is 9.85. The summed E-state index contributed by atoms with van der Waals surface area (Å²) in [7, 11) is 1.20. The molecule has 0 heterocycles. The van der Waals surface area contributed by atoms with E-state index in [4.69, 9.17) is 15.9 Å². The molecule has 144 valence electrons. The zero-order chi connectivity index (χ0) is 20.2. The molecule has 0 saturated carbocycles. The zero-order valence-corrected chi connectivity index (χ0v) is 14.9. The van der Waals surface area contributed by atoms with Crippen LogP contribution in [0.15, 0.2) is 42.5 Å². The largest absolute Gasteiger partial charge is 0.467 e. The number of esters is 1. The van der Waals surface area contributed by atoms with Crippen LogP contribution in [0.25, 0.3) is 0 Å².